The average molecular weight is 296 g/mol. The summed E-state index contributed by atoms with van der Waals surface area (Å²) in [5.41, 5.74) is -0.130. The monoisotopic (exact) mass is 296 g/mol. The van der Waals surface area contributed by atoms with Crippen LogP contribution in [0.1, 0.15) is 85.5 Å². The van der Waals surface area contributed by atoms with E-state index in [-0.39, 0.29) is 6.10 Å². The largest absolute Gasteiger partial charge is 0.393 e. The van der Waals surface area contributed by atoms with Crippen molar-refractivity contribution < 1.29 is 10.2 Å². The lowest BCUT2D eigenvalue weighted by Crippen LogP contribution is -2.41. The molecule has 0 spiro atoms. The van der Waals surface area contributed by atoms with E-state index in [1.165, 1.54) is 38.5 Å². The van der Waals surface area contributed by atoms with E-state index in [9.17, 15) is 10.2 Å². The molecule has 124 valence electrons. The Morgan fingerprint density at radius 2 is 1.90 bits per heavy atom. The first-order valence-electron chi connectivity index (χ1n) is 9.14. The third kappa shape index (κ3) is 4.01. The average Bonchev–Trinajstić information content (AvgIpc) is 2.72. The van der Waals surface area contributed by atoms with Gasteiger partial charge in [-0.05, 0) is 69.1 Å². The number of rotatable bonds is 6. The van der Waals surface area contributed by atoms with Crippen molar-refractivity contribution in [1.82, 2.24) is 0 Å². The molecule has 5 atom stereocenters. The minimum Gasteiger partial charge on any atom is -0.393 e. The van der Waals surface area contributed by atoms with E-state index in [4.69, 9.17) is 0 Å². The summed E-state index contributed by atoms with van der Waals surface area (Å²) in [5, 5.41) is 20.1. The highest BCUT2D eigenvalue weighted by molar-refractivity contribution is 5.01. The number of hydrogen-bond acceptors (Lipinski definition) is 2. The fourth-order valence-corrected chi connectivity index (χ4v) is 5.35. The fourth-order valence-electron chi connectivity index (χ4n) is 5.35. The summed E-state index contributed by atoms with van der Waals surface area (Å²) in [4.78, 5) is 0. The van der Waals surface area contributed by atoms with Crippen LogP contribution in [0.5, 0.6) is 0 Å². The summed E-state index contributed by atoms with van der Waals surface area (Å²) >= 11 is 0. The molecule has 0 aromatic rings. The van der Waals surface area contributed by atoms with Gasteiger partial charge in [0, 0.05) is 0 Å². The van der Waals surface area contributed by atoms with Crippen molar-refractivity contribution in [2.75, 3.05) is 0 Å². The highest BCUT2D eigenvalue weighted by atomic mass is 16.3. The summed E-state index contributed by atoms with van der Waals surface area (Å²) in [6, 6.07) is 0. The van der Waals surface area contributed by atoms with Gasteiger partial charge in [-0.25, -0.2) is 0 Å². The number of aliphatic hydroxyl groups is 2. The molecule has 2 N–H and O–H groups in total. The summed E-state index contributed by atoms with van der Waals surface area (Å²) in [6.45, 7) is 8.68. The van der Waals surface area contributed by atoms with Gasteiger partial charge in [-0.2, -0.15) is 0 Å². The second-order valence-corrected chi connectivity index (χ2v) is 8.79. The first kappa shape index (κ1) is 17.3. The van der Waals surface area contributed by atoms with Gasteiger partial charge in [-0.3, -0.25) is 0 Å². The summed E-state index contributed by atoms with van der Waals surface area (Å²) in [6.07, 6.45) is 10.6. The molecule has 0 bridgehead atoms. The normalized spacial score (nSPS) is 38.3. The van der Waals surface area contributed by atoms with E-state index >= 15 is 0 Å². The fraction of sp³-hybridized carbons (Fsp3) is 1.00. The Balaban J connectivity index is 1.84. The molecule has 2 aliphatic rings. The smallest absolute Gasteiger partial charge is 0.0591 e. The van der Waals surface area contributed by atoms with E-state index in [0.29, 0.717) is 11.3 Å². The predicted molar refractivity (Wildman–Crippen MR) is 88.1 cm³/mol. The van der Waals surface area contributed by atoms with Crippen molar-refractivity contribution in [2.24, 2.45) is 23.2 Å². The molecule has 2 rings (SSSR count). The van der Waals surface area contributed by atoms with Crippen LogP contribution in [-0.4, -0.2) is 21.9 Å². The summed E-state index contributed by atoms with van der Waals surface area (Å²) in [5.74, 6) is 2.10. The van der Waals surface area contributed by atoms with Gasteiger partial charge in [0.2, 0.25) is 0 Å². The molecule has 0 amide bonds. The topological polar surface area (TPSA) is 40.5 Å². The van der Waals surface area contributed by atoms with Crippen LogP contribution in [0.15, 0.2) is 0 Å². The Kier molecular flexibility index (Phi) is 5.41. The van der Waals surface area contributed by atoms with Gasteiger partial charge < -0.3 is 10.2 Å². The van der Waals surface area contributed by atoms with E-state index in [0.717, 1.165) is 31.1 Å². The maximum atomic E-state index is 10.3. The van der Waals surface area contributed by atoms with Gasteiger partial charge >= 0.3 is 0 Å². The van der Waals surface area contributed by atoms with E-state index in [1.807, 2.05) is 13.8 Å². The van der Waals surface area contributed by atoms with E-state index in [2.05, 4.69) is 13.8 Å². The van der Waals surface area contributed by atoms with Crippen LogP contribution >= 0.6 is 0 Å². The van der Waals surface area contributed by atoms with E-state index in [1.54, 1.807) is 0 Å². The number of fused-ring (bicyclic) bond motifs is 1. The van der Waals surface area contributed by atoms with Gasteiger partial charge in [0.25, 0.3) is 0 Å². The standard InChI is InChI=1S/C19H36O2/c1-14(8-5-6-12-18(2,3)21)15-10-11-16-17(20)9-7-13-19(15,16)4/h14-17,20-21H,5-13H2,1-4H3/t14-,15-,16+,17+,19-/m1/s1. The molecule has 2 heteroatoms. The molecule has 0 aromatic heterocycles. The lowest BCUT2D eigenvalue weighted by atomic mass is 9.61. The lowest BCUT2D eigenvalue weighted by molar-refractivity contribution is -0.0279. The number of aliphatic hydroxyl groups excluding tert-OH is 1. The Morgan fingerprint density at radius 1 is 1.19 bits per heavy atom. The molecule has 0 aromatic carbocycles. The van der Waals surface area contributed by atoms with Gasteiger partial charge in [0.1, 0.15) is 0 Å². The highest BCUT2D eigenvalue weighted by Crippen LogP contribution is 2.58. The molecule has 2 fully saturated rings. The summed E-state index contributed by atoms with van der Waals surface area (Å²) in [7, 11) is 0. The van der Waals surface area contributed by atoms with Crippen LogP contribution in [0.3, 0.4) is 0 Å². The van der Waals surface area contributed by atoms with Crippen molar-refractivity contribution in [1.29, 1.82) is 0 Å². The maximum absolute atomic E-state index is 10.3. The molecule has 2 aliphatic carbocycles. The molecule has 0 aliphatic heterocycles. The van der Waals surface area contributed by atoms with Gasteiger partial charge in [0.05, 0.1) is 11.7 Å². The van der Waals surface area contributed by atoms with Crippen molar-refractivity contribution in [2.45, 2.75) is 97.2 Å². The first-order chi connectivity index (χ1) is 9.74. The second kappa shape index (κ2) is 6.58. The zero-order chi connectivity index (χ0) is 15.7. The van der Waals surface area contributed by atoms with Gasteiger partial charge in [-0.15, -0.1) is 0 Å². The molecule has 0 saturated heterocycles. The molecule has 21 heavy (non-hydrogen) atoms. The Bertz CT molecular complexity index is 333. The van der Waals surface area contributed by atoms with Gasteiger partial charge in [0.15, 0.2) is 0 Å². The van der Waals surface area contributed by atoms with Crippen LogP contribution in [0.4, 0.5) is 0 Å². The zero-order valence-corrected chi connectivity index (χ0v) is 14.6. The Hall–Kier alpha value is -0.0800. The SMILES string of the molecule is C[C@H](CCCCC(C)(C)O)[C@H]1CC[C@H]2[C@@H](O)CCC[C@]12C. The van der Waals surface area contributed by atoms with E-state index < -0.39 is 5.60 Å². The minimum absolute atomic E-state index is 0.0452. The lowest BCUT2D eigenvalue weighted by Gasteiger charge is -2.45. The quantitative estimate of drug-likeness (QED) is 0.707. The molecule has 0 radical (unpaired) electrons. The van der Waals surface area contributed by atoms with Crippen LogP contribution in [0.25, 0.3) is 0 Å². The van der Waals surface area contributed by atoms with Crippen molar-refractivity contribution in [3.8, 4) is 0 Å². The van der Waals surface area contributed by atoms with Crippen molar-refractivity contribution in [3.05, 3.63) is 0 Å². The highest BCUT2D eigenvalue weighted by Gasteiger charge is 2.51. The first-order valence-corrected chi connectivity index (χ1v) is 9.14. The molecule has 2 saturated carbocycles. The molecule has 0 unspecified atom stereocenters. The number of hydrogen-bond donors (Lipinski definition) is 2. The maximum Gasteiger partial charge on any atom is 0.0591 e. The molecular formula is C19H36O2. The van der Waals surface area contributed by atoms with Crippen LogP contribution in [0, 0.1) is 23.2 Å². The van der Waals surface area contributed by atoms with Crippen LogP contribution in [-0.2, 0) is 0 Å². The third-order valence-electron chi connectivity index (χ3n) is 6.55. The molecular weight excluding hydrogens is 260 g/mol. The van der Waals surface area contributed by atoms with Crippen molar-refractivity contribution >= 4 is 0 Å². The minimum atomic E-state index is -0.513. The molecule has 0 heterocycles. The molecule has 2 nitrogen and oxygen atoms in total. The van der Waals surface area contributed by atoms with Crippen molar-refractivity contribution in [3.63, 3.8) is 0 Å². The third-order valence-corrected chi connectivity index (χ3v) is 6.55. The van der Waals surface area contributed by atoms with Gasteiger partial charge in [-0.1, -0.05) is 39.5 Å². The Labute approximate surface area is 131 Å². The predicted octanol–water partition coefficient (Wildman–Crippen LogP) is 4.53. The second-order valence-electron chi connectivity index (χ2n) is 8.79. The van der Waals surface area contributed by atoms with Crippen LogP contribution in [0.2, 0.25) is 0 Å². The number of unbranched alkanes of at least 4 members (excludes halogenated alkanes) is 1. The Morgan fingerprint density at radius 3 is 2.57 bits per heavy atom. The zero-order valence-electron chi connectivity index (χ0n) is 14.6. The summed E-state index contributed by atoms with van der Waals surface area (Å²) < 4.78 is 0. The van der Waals surface area contributed by atoms with Crippen LogP contribution < -0.4 is 0 Å².